The molecule has 3 aromatic rings. The molecule has 1 fully saturated rings. The Balaban J connectivity index is 1.58. The van der Waals surface area contributed by atoms with E-state index in [0.717, 1.165) is 12.1 Å². The predicted octanol–water partition coefficient (Wildman–Crippen LogP) is 2.77. The number of phenolic OH excluding ortho intramolecular Hbond substituents is 1. The minimum atomic E-state index is -0.478. The van der Waals surface area contributed by atoms with Gasteiger partial charge in [-0.2, -0.15) is 0 Å². The number of aromatic hydroxyl groups is 1. The summed E-state index contributed by atoms with van der Waals surface area (Å²) >= 11 is 0. The molecule has 0 aliphatic carbocycles. The highest BCUT2D eigenvalue weighted by molar-refractivity contribution is 5.74. The topological polar surface area (TPSA) is 108 Å². The highest BCUT2D eigenvalue weighted by atomic mass is 19.1. The number of para-hydroxylation sites is 1. The third-order valence-corrected chi connectivity index (χ3v) is 6.45. The van der Waals surface area contributed by atoms with Crippen molar-refractivity contribution in [3.05, 3.63) is 48.2 Å². The summed E-state index contributed by atoms with van der Waals surface area (Å²) in [5.41, 5.74) is 8.04. The van der Waals surface area contributed by atoms with Gasteiger partial charge in [0.05, 0.1) is 23.6 Å². The molecular formula is C26H31FN8O. The van der Waals surface area contributed by atoms with Crippen molar-refractivity contribution in [2.75, 3.05) is 49.3 Å². The summed E-state index contributed by atoms with van der Waals surface area (Å²) in [7, 11) is 3.88. The van der Waals surface area contributed by atoms with Gasteiger partial charge in [0.2, 0.25) is 5.82 Å². The minimum Gasteiger partial charge on any atom is -0.507 e. The van der Waals surface area contributed by atoms with Gasteiger partial charge in [0.1, 0.15) is 5.75 Å². The maximum Gasteiger partial charge on any atom is 0.207 e. The summed E-state index contributed by atoms with van der Waals surface area (Å²) in [6.45, 7) is 5.80. The molecule has 2 aromatic heterocycles. The van der Waals surface area contributed by atoms with Crippen LogP contribution >= 0.6 is 0 Å². The third-order valence-electron chi connectivity index (χ3n) is 6.45. The molecule has 1 aliphatic rings. The van der Waals surface area contributed by atoms with Crippen LogP contribution in [-0.2, 0) is 0 Å². The van der Waals surface area contributed by atoms with Gasteiger partial charge in [-0.3, -0.25) is 4.90 Å². The second kappa shape index (κ2) is 10.7. The lowest BCUT2D eigenvalue weighted by molar-refractivity contribution is 0.373. The van der Waals surface area contributed by atoms with E-state index in [4.69, 9.17) is 5.73 Å². The average molecular weight is 491 g/mol. The molecule has 9 nitrogen and oxygen atoms in total. The van der Waals surface area contributed by atoms with Crippen LogP contribution in [0.15, 0.2) is 36.5 Å². The molecule has 0 radical (unpaired) electrons. The van der Waals surface area contributed by atoms with Gasteiger partial charge in [0.25, 0.3) is 0 Å². The molecule has 10 heteroatoms. The molecule has 4 rings (SSSR count). The Bertz CT molecular complexity index is 1290. The maximum absolute atomic E-state index is 14.9. The predicted molar refractivity (Wildman–Crippen MR) is 139 cm³/mol. The van der Waals surface area contributed by atoms with Crippen molar-refractivity contribution in [2.45, 2.75) is 32.4 Å². The molecule has 0 amide bonds. The summed E-state index contributed by atoms with van der Waals surface area (Å²) in [5, 5.41) is 18.5. The SMILES string of the molecule is C[C@@H]1CCN(c2cc(-c3ccccc3O)nnc2N)CCN1c1nc(C#C[C@H](C)N(C)C)ncc1F. The van der Waals surface area contributed by atoms with Gasteiger partial charge in [-0.15, -0.1) is 10.2 Å². The number of nitrogen functional groups attached to an aromatic ring is 1. The van der Waals surface area contributed by atoms with Crippen molar-refractivity contribution >= 4 is 17.3 Å². The van der Waals surface area contributed by atoms with Gasteiger partial charge in [-0.05, 0) is 58.5 Å². The standard InChI is InChI=1S/C26H31FN8O/c1-17(33(3)4)9-10-24-29-16-20(27)26(30-24)35-14-13-34(12-11-18(35)2)22-15-21(31-32-25(22)28)19-7-5-6-8-23(19)36/h5-8,15-18,36H,11-14H2,1-4H3,(H2,28,32)/t17-,18+/m0/s1. The largest absolute Gasteiger partial charge is 0.507 e. The lowest BCUT2D eigenvalue weighted by Gasteiger charge is -2.28. The Labute approximate surface area is 210 Å². The molecule has 36 heavy (non-hydrogen) atoms. The Kier molecular flexibility index (Phi) is 7.50. The van der Waals surface area contributed by atoms with Crippen molar-refractivity contribution in [3.8, 4) is 28.8 Å². The van der Waals surface area contributed by atoms with E-state index in [1.54, 1.807) is 18.2 Å². The molecule has 3 heterocycles. The van der Waals surface area contributed by atoms with Gasteiger partial charge >= 0.3 is 0 Å². The van der Waals surface area contributed by atoms with Gasteiger partial charge < -0.3 is 20.6 Å². The number of hydrogen-bond acceptors (Lipinski definition) is 9. The number of rotatable bonds is 4. The van der Waals surface area contributed by atoms with Crippen molar-refractivity contribution < 1.29 is 9.50 Å². The summed E-state index contributed by atoms with van der Waals surface area (Å²) in [5.74, 6) is 6.53. The molecule has 0 bridgehead atoms. The minimum absolute atomic E-state index is 0.0227. The van der Waals surface area contributed by atoms with Gasteiger partial charge in [-0.25, -0.2) is 14.4 Å². The number of benzene rings is 1. The van der Waals surface area contributed by atoms with E-state index < -0.39 is 5.82 Å². The Morgan fingerprint density at radius 1 is 1.19 bits per heavy atom. The molecular weight excluding hydrogens is 459 g/mol. The van der Waals surface area contributed by atoms with Gasteiger partial charge in [0, 0.05) is 31.2 Å². The molecule has 2 atom stereocenters. The lowest BCUT2D eigenvalue weighted by atomic mass is 10.1. The van der Waals surface area contributed by atoms with E-state index in [1.165, 1.54) is 6.20 Å². The van der Waals surface area contributed by atoms with Crippen LogP contribution in [0.2, 0.25) is 0 Å². The third kappa shape index (κ3) is 5.47. The fourth-order valence-electron chi connectivity index (χ4n) is 4.00. The number of nitrogens with two attached hydrogens (primary N) is 1. The zero-order valence-electron chi connectivity index (χ0n) is 21.0. The van der Waals surface area contributed by atoms with Crippen LogP contribution in [0, 0.1) is 17.7 Å². The van der Waals surface area contributed by atoms with E-state index in [1.807, 2.05) is 49.9 Å². The Hall–Kier alpha value is -3.97. The first-order valence-corrected chi connectivity index (χ1v) is 11.9. The summed E-state index contributed by atoms with van der Waals surface area (Å²) in [6, 6.07) is 8.85. The van der Waals surface area contributed by atoms with Crippen LogP contribution < -0.4 is 15.5 Å². The monoisotopic (exact) mass is 490 g/mol. The second-order valence-electron chi connectivity index (χ2n) is 9.11. The first kappa shape index (κ1) is 25.1. The van der Waals surface area contributed by atoms with Crippen LogP contribution in [0.5, 0.6) is 5.75 Å². The summed E-state index contributed by atoms with van der Waals surface area (Å²) in [6.07, 6.45) is 1.93. The van der Waals surface area contributed by atoms with E-state index in [-0.39, 0.29) is 23.7 Å². The van der Waals surface area contributed by atoms with E-state index >= 15 is 0 Å². The van der Waals surface area contributed by atoms with Gasteiger partial charge in [-0.1, -0.05) is 18.1 Å². The molecule has 1 saturated heterocycles. The fraction of sp³-hybridized carbons (Fsp3) is 0.385. The first-order valence-electron chi connectivity index (χ1n) is 11.9. The Morgan fingerprint density at radius 2 is 1.97 bits per heavy atom. The number of halogens is 1. The number of aromatic nitrogens is 4. The second-order valence-corrected chi connectivity index (χ2v) is 9.11. The molecule has 1 aromatic carbocycles. The van der Waals surface area contributed by atoms with Crippen molar-refractivity contribution in [3.63, 3.8) is 0 Å². The highest BCUT2D eigenvalue weighted by Crippen LogP contribution is 2.32. The van der Waals surface area contributed by atoms with Crippen LogP contribution in [0.25, 0.3) is 11.3 Å². The van der Waals surface area contributed by atoms with Crippen molar-refractivity contribution in [1.82, 2.24) is 25.1 Å². The Morgan fingerprint density at radius 3 is 2.72 bits per heavy atom. The molecule has 0 spiro atoms. The smallest absolute Gasteiger partial charge is 0.207 e. The van der Waals surface area contributed by atoms with Crippen LogP contribution in [0.3, 0.4) is 0 Å². The van der Waals surface area contributed by atoms with E-state index in [2.05, 4.69) is 36.9 Å². The first-order chi connectivity index (χ1) is 17.2. The molecule has 0 unspecified atom stereocenters. The molecule has 1 aliphatic heterocycles. The number of phenols is 1. The van der Waals surface area contributed by atoms with Crippen LogP contribution in [0.1, 0.15) is 26.1 Å². The van der Waals surface area contributed by atoms with Gasteiger partial charge in [0.15, 0.2) is 17.5 Å². The lowest BCUT2D eigenvalue weighted by Crippen LogP contribution is -2.36. The summed E-state index contributed by atoms with van der Waals surface area (Å²) in [4.78, 5) is 14.6. The maximum atomic E-state index is 14.9. The number of nitrogens with zero attached hydrogens (tertiary/aromatic N) is 7. The molecule has 3 N–H and O–H groups in total. The summed E-state index contributed by atoms with van der Waals surface area (Å²) < 4.78 is 14.9. The molecule has 188 valence electrons. The van der Waals surface area contributed by atoms with Crippen molar-refractivity contribution in [1.29, 1.82) is 0 Å². The highest BCUT2D eigenvalue weighted by Gasteiger charge is 2.26. The fourth-order valence-corrected chi connectivity index (χ4v) is 4.00. The normalized spacial score (nSPS) is 16.9. The number of hydrogen-bond donors (Lipinski definition) is 2. The molecule has 0 saturated carbocycles. The average Bonchev–Trinajstić information content (AvgIpc) is 3.05. The zero-order chi connectivity index (χ0) is 25.8. The number of anilines is 3. The van der Waals surface area contributed by atoms with Crippen molar-refractivity contribution in [2.24, 2.45) is 0 Å². The quantitative estimate of drug-likeness (QED) is 0.534. The van der Waals surface area contributed by atoms with Crippen LogP contribution in [-0.4, -0.2) is 76.0 Å². The zero-order valence-corrected chi connectivity index (χ0v) is 21.0. The van der Waals surface area contributed by atoms with E-state index in [9.17, 15) is 9.50 Å². The van der Waals surface area contributed by atoms with Crippen LogP contribution in [0.4, 0.5) is 21.7 Å². The van der Waals surface area contributed by atoms with E-state index in [0.29, 0.717) is 42.5 Å².